The van der Waals surface area contributed by atoms with Gasteiger partial charge in [-0.05, 0) is 61.4 Å². The van der Waals surface area contributed by atoms with Crippen LogP contribution in [0.2, 0.25) is 0 Å². The molecule has 0 aliphatic carbocycles. The second kappa shape index (κ2) is 11.7. The first kappa shape index (κ1) is 27.0. The van der Waals surface area contributed by atoms with Gasteiger partial charge in [0.05, 0.1) is 12.2 Å². The number of thioether (sulfide) groups is 1. The smallest absolute Gasteiger partial charge is 0.338 e. The number of carbonyl (C=O) groups excluding carboxylic acids is 1. The summed E-state index contributed by atoms with van der Waals surface area (Å²) in [6, 6.07) is 25.0. The standard InChI is InChI=1S/C30H25BrN6O3S/c1-3-39-28(38)24-18(2)32-29-33-30(36-37(29)25(24)20-13-15-23(31)16-14-20)41-17-19-9-11-22(12-10-19)27-35-34-26(40-27)21-7-5-4-6-8-21/h4-16,25H,3,17H2,1-2H3,(H,32,33,36). The summed E-state index contributed by atoms with van der Waals surface area (Å²) < 4.78 is 14.0. The van der Waals surface area contributed by atoms with Crippen molar-refractivity contribution in [1.82, 2.24) is 25.0 Å². The van der Waals surface area contributed by atoms with E-state index in [0.29, 0.717) is 39.9 Å². The van der Waals surface area contributed by atoms with Crippen LogP contribution in [-0.2, 0) is 15.3 Å². The molecule has 0 radical (unpaired) electrons. The van der Waals surface area contributed by atoms with E-state index in [4.69, 9.17) is 19.2 Å². The highest BCUT2D eigenvalue weighted by atomic mass is 79.9. The van der Waals surface area contributed by atoms with E-state index in [1.165, 1.54) is 11.8 Å². The molecule has 0 spiro atoms. The molecule has 3 aromatic carbocycles. The Bertz CT molecular complexity index is 1720. The molecule has 0 amide bonds. The number of carbonyl (C=O) groups is 1. The fourth-order valence-electron chi connectivity index (χ4n) is 4.55. The summed E-state index contributed by atoms with van der Waals surface area (Å²) in [5.41, 5.74) is 4.93. The summed E-state index contributed by atoms with van der Waals surface area (Å²) in [7, 11) is 0. The Labute approximate surface area is 249 Å². The zero-order valence-electron chi connectivity index (χ0n) is 22.2. The van der Waals surface area contributed by atoms with Crippen molar-refractivity contribution in [2.45, 2.75) is 30.8 Å². The fraction of sp³-hybridized carbons (Fsp3) is 0.167. The molecule has 0 saturated heterocycles. The average molecular weight is 630 g/mol. The minimum absolute atomic E-state index is 0.285. The molecule has 1 aliphatic rings. The monoisotopic (exact) mass is 628 g/mol. The van der Waals surface area contributed by atoms with Crippen molar-refractivity contribution in [3.63, 3.8) is 0 Å². The molecule has 1 atom stereocenters. The summed E-state index contributed by atoms with van der Waals surface area (Å²) in [5, 5.41) is 17.0. The molecule has 1 unspecified atom stereocenters. The lowest BCUT2D eigenvalue weighted by atomic mass is 9.96. The number of hydrogen-bond donors (Lipinski definition) is 1. The second-order valence-corrected chi connectivity index (χ2v) is 11.1. The van der Waals surface area contributed by atoms with Gasteiger partial charge >= 0.3 is 5.97 Å². The quantitative estimate of drug-likeness (QED) is 0.145. The molecule has 206 valence electrons. The zero-order valence-corrected chi connectivity index (χ0v) is 24.6. The molecule has 6 rings (SSSR count). The van der Waals surface area contributed by atoms with Crippen LogP contribution in [0.25, 0.3) is 22.9 Å². The van der Waals surface area contributed by atoms with Crippen LogP contribution in [0.3, 0.4) is 0 Å². The van der Waals surface area contributed by atoms with Gasteiger partial charge in [0, 0.05) is 27.0 Å². The van der Waals surface area contributed by atoms with Gasteiger partial charge in [-0.1, -0.05) is 70.2 Å². The molecule has 1 aliphatic heterocycles. The molecule has 11 heteroatoms. The molecule has 0 bridgehead atoms. The van der Waals surface area contributed by atoms with Crippen molar-refractivity contribution in [3.05, 3.63) is 106 Å². The molecule has 5 aromatic rings. The Morgan fingerprint density at radius 1 is 1.00 bits per heavy atom. The van der Waals surface area contributed by atoms with E-state index in [9.17, 15) is 4.79 Å². The second-order valence-electron chi connectivity index (χ2n) is 9.26. The molecule has 1 N–H and O–H groups in total. The number of fused-ring (bicyclic) bond motifs is 1. The van der Waals surface area contributed by atoms with Gasteiger partial charge in [0.1, 0.15) is 6.04 Å². The number of nitrogens with one attached hydrogen (secondary N) is 1. The van der Waals surface area contributed by atoms with Gasteiger partial charge in [0.25, 0.3) is 0 Å². The zero-order chi connectivity index (χ0) is 28.3. The summed E-state index contributed by atoms with van der Waals surface area (Å²) in [5.74, 6) is 1.81. The van der Waals surface area contributed by atoms with Crippen LogP contribution in [0.1, 0.15) is 31.0 Å². The SMILES string of the molecule is CCOC(=O)C1=C(C)Nc2nc(SCc3ccc(-c4nnc(-c5ccccc5)o4)cc3)nn2C1c1ccc(Br)cc1. The van der Waals surface area contributed by atoms with Crippen LogP contribution < -0.4 is 5.32 Å². The number of halogens is 1. The Kier molecular flexibility index (Phi) is 7.71. The summed E-state index contributed by atoms with van der Waals surface area (Å²) in [6.45, 7) is 3.94. The number of hydrogen-bond acceptors (Lipinski definition) is 9. The topological polar surface area (TPSA) is 108 Å². The maximum Gasteiger partial charge on any atom is 0.338 e. The molecule has 3 heterocycles. The number of esters is 1. The van der Waals surface area contributed by atoms with Gasteiger partial charge < -0.3 is 14.5 Å². The fourth-order valence-corrected chi connectivity index (χ4v) is 5.60. The van der Waals surface area contributed by atoms with Crippen LogP contribution in [-0.4, -0.2) is 37.5 Å². The van der Waals surface area contributed by atoms with Gasteiger partial charge in [-0.25, -0.2) is 9.48 Å². The number of anilines is 1. The lowest BCUT2D eigenvalue weighted by Crippen LogP contribution is -2.29. The third-order valence-corrected chi connectivity index (χ3v) is 7.97. The molecular weight excluding hydrogens is 604 g/mol. The average Bonchev–Trinajstić information content (AvgIpc) is 3.64. The Morgan fingerprint density at radius 3 is 2.37 bits per heavy atom. The Hall–Kier alpha value is -4.22. The number of ether oxygens (including phenoxy) is 1. The van der Waals surface area contributed by atoms with E-state index >= 15 is 0 Å². The van der Waals surface area contributed by atoms with Crippen molar-refractivity contribution in [2.75, 3.05) is 11.9 Å². The summed E-state index contributed by atoms with van der Waals surface area (Å²) in [4.78, 5) is 17.7. The van der Waals surface area contributed by atoms with Gasteiger partial charge in [-0.15, -0.1) is 15.3 Å². The Morgan fingerprint density at radius 2 is 1.68 bits per heavy atom. The minimum Gasteiger partial charge on any atom is -0.463 e. The summed E-state index contributed by atoms with van der Waals surface area (Å²) >= 11 is 5.01. The van der Waals surface area contributed by atoms with E-state index in [2.05, 4.69) is 31.4 Å². The highest BCUT2D eigenvalue weighted by Crippen LogP contribution is 2.37. The van der Waals surface area contributed by atoms with Crippen LogP contribution in [0.4, 0.5) is 5.95 Å². The number of allylic oxidation sites excluding steroid dienone is 1. The highest BCUT2D eigenvalue weighted by Gasteiger charge is 2.35. The van der Waals surface area contributed by atoms with Crippen LogP contribution in [0.15, 0.2) is 104 Å². The molecule has 41 heavy (non-hydrogen) atoms. The van der Waals surface area contributed by atoms with Crippen LogP contribution in [0, 0.1) is 0 Å². The highest BCUT2D eigenvalue weighted by molar-refractivity contribution is 9.10. The van der Waals surface area contributed by atoms with Gasteiger partial charge in [-0.2, -0.15) is 4.98 Å². The van der Waals surface area contributed by atoms with Crippen molar-refractivity contribution >= 4 is 39.6 Å². The molecule has 2 aromatic heterocycles. The maximum absolute atomic E-state index is 13.0. The number of rotatable bonds is 8. The van der Waals surface area contributed by atoms with Crippen molar-refractivity contribution in [1.29, 1.82) is 0 Å². The van der Waals surface area contributed by atoms with Crippen molar-refractivity contribution in [3.8, 4) is 22.9 Å². The van der Waals surface area contributed by atoms with Gasteiger partial charge in [0.2, 0.25) is 22.9 Å². The predicted molar refractivity (Wildman–Crippen MR) is 160 cm³/mol. The summed E-state index contributed by atoms with van der Waals surface area (Å²) in [6.07, 6.45) is 0. The molecule has 0 saturated carbocycles. The van der Waals surface area contributed by atoms with E-state index in [1.807, 2.05) is 85.8 Å². The minimum atomic E-state index is -0.463. The lowest BCUT2D eigenvalue weighted by Gasteiger charge is -2.28. The lowest BCUT2D eigenvalue weighted by molar-refractivity contribution is -0.139. The van der Waals surface area contributed by atoms with E-state index in [1.54, 1.807) is 11.6 Å². The van der Waals surface area contributed by atoms with Gasteiger partial charge in [-0.3, -0.25) is 0 Å². The number of aromatic nitrogens is 5. The molecule has 0 fully saturated rings. The predicted octanol–water partition coefficient (Wildman–Crippen LogP) is 6.90. The third kappa shape index (κ3) is 5.68. The largest absolute Gasteiger partial charge is 0.463 e. The first-order chi connectivity index (χ1) is 20.0. The van der Waals surface area contributed by atoms with E-state index < -0.39 is 6.04 Å². The number of nitrogens with zero attached hydrogens (tertiary/aromatic N) is 5. The Balaban J connectivity index is 1.20. The van der Waals surface area contributed by atoms with Crippen LogP contribution in [0.5, 0.6) is 0 Å². The third-order valence-electron chi connectivity index (χ3n) is 6.53. The van der Waals surface area contributed by atoms with Crippen molar-refractivity contribution < 1.29 is 13.9 Å². The van der Waals surface area contributed by atoms with Gasteiger partial charge in [0.15, 0.2) is 0 Å². The van der Waals surface area contributed by atoms with E-state index in [-0.39, 0.29) is 12.6 Å². The van der Waals surface area contributed by atoms with E-state index in [0.717, 1.165) is 26.7 Å². The number of benzene rings is 3. The maximum atomic E-state index is 13.0. The van der Waals surface area contributed by atoms with Crippen LogP contribution >= 0.6 is 27.7 Å². The normalized spacial score (nSPS) is 14.5. The van der Waals surface area contributed by atoms with Crippen molar-refractivity contribution in [2.24, 2.45) is 0 Å². The molecule has 9 nitrogen and oxygen atoms in total. The first-order valence-corrected chi connectivity index (χ1v) is 14.8. The molecular formula is C30H25BrN6O3S. The first-order valence-electron chi connectivity index (χ1n) is 13.0.